The van der Waals surface area contributed by atoms with Crippen LogP contribution in [0.15, 0.2) is 0 Å². The standard InChI is InChI=1S/C16H32N2O2/c1-16(17-2,15(19)20)12-8-9-13-18(3)14-10-6-4-5-7-11-14/h14,17H,4-13H2,1-3H3,(H,19,20). The van der Waals surface area contributed by atoms with E-state index in [-0.39, 0.29) is 0 Å². The van der Waals surface area contributed by atoms with Crippen LogP contribution in [0, 0.1) is 0 Å². The number of nitrogens with one attached hydrogen (secondary N) is 1. The molecule has 1 aliphatic carbocycles. The number of rotatable bonds is 8. The monoisotopic (exact) mass is 284 g/mol. The second-order valence-electron chi connectivity index (χ2n) is 6.47. The van der Waals surface area contributed by atoms with Crippen LogP contribution < -0.4 is 5.32 Å². The lowest BCUT2D eigenvalue weighted by atomic mass is 9.95. The maximum absolute atomic E-state index is 11.2. The minimum atomic E-state index is -0.777. The zero-order chi connectivity index (χ0) is 15.0. The Kier molecular flexibility index (Phi) is 7.52. The van der Waals surface area contributed by atoms with Crippen molar-refractivity contribution in [1.29, 1.82) is 0 Å². The number of likely N-dealkylation sites (N-methyl/N-ethyl adjacent to an activating group) is 1. The quantitative estimate of drug-likeness (QED) is 0.531. The summed E-state index contributed by atoms with van der Waals surface area (Å²) in [4.78, 5) is 13.7. The van der Waals surface area contributed by atoms with Crippen molar-refractivity contribution >= 4 is 5.97 Å². The number of aliphatic carboxylic acids is 1. The minimum Gasteiger partial charge on any atom is -0.480 e. The lowest BCUT2D eigenvalue weighted by molar-refractivity contribution is -0.144. The van der Waals surface area contributed by atoms with Gasteiger partial charge in [0.25, 0.3) is 0 Å². The summed E-state index contributed by atoms with van der Waals surface area (Å²) < 4.78 is 0. The molecule has 0 heterocycles. The van der Waals surface area contributed by atoms with Gasteiger partial charge in [-0.1, -0.05) is 25.7 Å². The van der Waals surface area contributed by atoms with Gasteiger partial charge in [0, 0.05) is 6.04 Å². The van der Waals surface area contributed by atoms with Gasteiger partial charge in [-0.2, -0.15) is 0 Å². The lowest BCUT2D eigenvalue weighted by Crippen LogP contribution is -2.47. The number of carboxylic acid groups (broad SMARTS) is 1. The normalized spacial score (nSPS) is 20.6. The summed E-state index contributed by atoms with van der Waals surface area (Å²) in [7, 11) is 3.95. The molecule has 20 heavy (non-hydrogen) atoms. The van der Waals surface area contributed by atoms with Crippen LogP contribution in [0.4, 0.5) is 0 Å². The number of unbranched alkanes of at least 4 members (excludes halogenated alkanes) is 1. The Bertz CT molecular complexity index is 288. The second-order valence-corrected chi connectivity index (χ2v) is 6.47. The first-order valence-electron chi connectivity index (χ1n) is 8.12. The Hall–Kier alpha value is -0.610. The van der Waals surface area contributed by atoms with Crippen LogP contribution in [0.1, 0.15) is 64.7 Å². The van der Waals surface area contributed by atoms with E-state index in [0.29, 0.717) is 6.42 Å². The minimum absolute atomic E-state index is 0.692. The van der Waals surface area contributed by atoms with Crippen LogP contribution in [-0.4, -0.2) is 48.2 Å². The van der Waals surface area contributed by atoms with Crippen LogP contribution in [0.5, 0.6) is 0 Å². The molecule has 1 aliphatic rings. The van der Waals surface area contributed by atoms with Crippen LogP contribution in [0.2, 0.25) is 0 Å². The highest BCUT2D eigenvalue weighted by molar-refractivity contribution is 5.78. The van der Waals surface area contributed by atoms with Gasteiger partial charge < -0.3 is 15.3 Å². The fourth-order valence-electron chi connectivity index (χ4n) is 3.06. The highest BCUT2D eigenvalue weighted by Gasteiger charge is 2.30. The number of nitrogens with zero attached hydrogens (tertiary/aromatic N) is 1. The highest BCUT2D eigenvalue weighted by atomic mass is 16.4. The fourth-order valence-corrected chi connectivity index (χ4v) is 3.06. The molecule has 1 saturated carbocycles. The topological polar surface area (TPSA) is 52.6 Å². The molecule has 0 bridgehead atoms. The van der Waals surface area contributed by atoms with Crippen molar-refractivity contribution in [1.82, 2.24) is 10.2 Å². The van der Waals surface area contributed by atoms with E-state index in [1.165, 1.54) is 38.5 Å². The van der Waals surface area contributed by atoms with Gasteiger partial charge in [0.2, 0.25) is 0 Å². The van der Waals surface area contributed by atoms with E-state index in [2.05, 4.69) is 17.3 Å². The molecule has 1 fully saturated rings. The summed E-state index contributed by atoms with van der Waals surface area (Å²) in [5.74, 6) is -0.753. The maximum Gasteiger partial charge on any atom is 0.323 e. The summed E-state index contributed by atoms with van der Waals surface area (Å²) in [5.41, 5.74) is -0.777. The number of carboxylic acids is 1. The van der Waals surface area contributed by atoms with Gasteiger partial charge in [0.05, 0.1) is 0 Å². The zero-order valence-corrected chi connectivity index (χ0v) is 13.5. The molecule has 0 radical (unpaired) electrons. The van der Waals surface area contributed by atoms with Crippen molar-refractivity contribution in [3.8, 4) is 0 Å². The number of carbonyl (C=O) groups is 1. The molecule has 2 N–H and O–H groups in total. The van der Waals surface area contributed by atoms with E-state index in [4.69, 9.17) is 0 Å². The van der Waals surface area contributed by atoms with Gasteiger partial charge in [0.15, 0.2) is 0 Å². The highest BCUT2D eigenvalue weighted by Crippen LogP contribution is 2.21. The zero-order valence-electron chi connectivity index (χ0n) is 13.5. The molecule has 4 heteroatoms. The van der Waals surface area contributed by atoms with Crippen molar-refractivity contribution in [3.63, 3.8) is 0 Å². The van der Waals surface area contributed by atoms with Gasteiger partial charge in [-0.25, -0.2) is 0 Å². The predicted octanol–water partition coefficient (Wildman–Crippen LogP) is 2.87. The summed E-state index contributed by atoms with van der Waals surface area (Å²) in [6, 6.07) is 0.743. The van der Waals surface area contributed by atoms with E-state index in [0.717, 1.165) is 25.4 Å². The van der Waals surface area contributed by atoms with Crippen LogP contribution >= 0.6 is 0 Å². The van der Waals surface area contributed by atoms with Crippen molar-refractivity contribution < 1.29 is 9.90 Å². The molecule has 1 atom stereocenters. The summed E-state index contributed by atoms with van der Waals surface area (Å²) in [6.07, 6.45) is 10.9. The number of hydrogen-bond donors (Lipinski definition) is 2. The van der Waals surface area contributed by atoms with Crippen molar-refractivity contribution in [2.75, 3.05) is 20.6 Å². The Morgan fingerprint density at radius 3 is 2.35 bits per heavy atom. The van der Waals surface area contributed by atoms with Crippen LogP contribution in [-0.2, 0) is 4.79 Å². The Balaban J connectivity index is 2.24. The third kappa shape index (κ3) is 5.41. The second kappa shape index (κ2) is 8.63. The maximum atomic E-state index is 11.2. The van der Waals surface area contributed by atoms with E-state index in [1.54, 1.807) is 14.0 Å². The van der Waals surface area contributed by atoms with Gasteiger partial charge in [0.1, 0.15) is 5.54 Å². The van der Waals surface area contributed by atoms with E-state index in [1.807, 2.05) is 0 Å². The smallest absolute Gasteiger partial charge is 0.323 e. The molecule has 0 aromatic carbocycles. The van der Waals surface area contributed by atoms with Crippen LogP contribution in [0.25, 0.3) is 0 Å². The van der Waals surface area contributed by atoms with E-state index < -0.39 is 11.5 Å². The summed E-state index contributed by atoms with van der Waals surface area (Å²) in [5, 5.41) is 12.1. The molecule has 1 rings (SSSR count). The molecule has 1 unspecified atom stereocenters. The molecular weight excluding hydrogens is 252 g/mol. The van der Waals surface area contributed by atoms with Crippen molar-refractivity contribution in [3.05, 3.63) is 0 Å². The average molecular weight is 284 g/mol. The third-order valence-corrected chi connectivity index (χ3v) is 4.91. The van der Waals surface area contributed by atoms with Crippen molar-refractivity contribution in [2.45, 2.75) is 76.3 Å². The Morgan fingerprint density at radius 1 is 1.25 bits per heavy atom. The van der Waals surface area contributed by atoms with Gasteiger partial charge in [-0.15, -0.1) is 0 Å². The number of hydrogen-bond acceptors (Lipinski definition) is 3. The van der Waals surface area contributed by atoms with Gasteiger partial charge >= 0.3 is 5.97 Å². The molecular formula is C16H32N2O2. The predicted molar refractivity (Wildman–Crippen MR) is 83.1 cm³/mol. The fraction of sp³-hybridized carbons (Fsp3) is 0.938. The lowest BCUT2D eigenvalue weighted by Gasteiger charge is -2.28. The molecule has 0 aromatic rings. The summed E-state index contributed by atoms with van der Waals surface area (Å²) >= 11 is 0. The molecule has 0 aromatic heterocycles. The molecule has 0 amide bonds. The van der Waals surface area contributed by atoms with Crippen molar-refractivity contribution in [2.24, 2.45) is 0 Å². The Labute approximate surface area is 123 Å². The first kappa shape index (κ1) is 17.4. The largest absolute Gasteiger partial charge is 0.480 e. The third-order valence-electron chi connectivity index (χ3n) is 4.91. The van der Waals surface area contributed by atoms with Gasteiger partial charge in [-0.3, -0.25) is 4.79 Å². The molecule has 118 valence electrons. The average Bonchev–Trinajstić information content (AvgIpc) is 2.71. The molecule has 4 nitrogen and oxygen atoms in total. The molecule has 0 saturated heterocycles. The molecule has 0 aliphatic heterocycles. The van der Waals surface area contributed by atoms with Crippen LogP contribution in [0.3, 0.4) is 0 Å². The Morgan fingerprint density at radius 2 is 1.85 bits per heavy atom. The van der Waals surface area contributed by atoms with E-state index >= 15 is 0 Å². The summed E-state index contributed by atoms with van der Waals surface area (Å²) in [6.45, 7) is 2.86. The first-order valence-corrected chi connectivity index (χ1v) is 8.12. The van der Waals surface area contributed by atoms with Gasteiger partial charge in [-0.05, 0) is 59.7 Å². The van der Waals surface area contributed by atoms with E-state index in [9.17, 15) is 9.90 Å². The first-order chi connectivity index (χ1) is 9.49. The molecule has 0 spiro atoms. The SMILES string of the molecule is CNC(C)(CCCCN(C)C1CCCCCC1)C(=O)O.